The third-order valence-corrected chi connectivity index (χ3v) is 4.56. The molecule has 5 heteroatoms. The van der Waals surface area contributed by atoms with Crippen molar-refractivity contribution in [2.24, 2.45) is 0 Å². The first-order valence-electron chi connectivity index (χ1n) is 8.09. The van der Waals surface area contributed by atoms with Crippen LogP contribution in [0.5, 0.6) is 5.75 Å². The molecule has 24 heavy (non-hydrogen) atoms. The average Bonchev–Trinajstić information content (AvgIpc) is 2.99. The molecule has 0 radical (unpaired) electrons. The van der Waals surface area contributed by atoms with Gasteiger partial charge in [0, 0.05) is 18.9 Å². The van der Waals surface area contributed by atoms with Crippen molar-refractivity contribution in [3.63, 3.8) is 0 Å². The maximum absolute atomic E-state index is 12.8. The number of β-amino-alcohol motifs (C(OH)–C–C–N with tert-alkyl or cyclic N) is 1. The Morgan fingerprint density at radius 1 is 1.42 bits per heavy atom. The number of aryl methyl sites for hydroxylation is 1. The number of nitrogens with zero attached hydrogens (tertiary/aromatic N) is 2. The zero-order chi connectivity index (χ0) is 17.1. The summed E-state index contributed by atoms with van der Waals surface area (Å²) in [6, 6.07) is 9.45. The van der Waals surface area contributed by atoms with Crippen molar-refractivity contribution in [1.82, 2.24) is 9.88 Å². The Hall–Kier alpha value is -2.40. The van der Waals surface area contributed by atoms with Crippen LogP contribution in [0, 0.1) is 6.92 Å². The number of carbonyl (C=O) groups excluding carboxylic acids is 1. The van der Waals surface area contributed by atoms with Gasteiger partial charge >= 0.3 is 0 Å². The van der Waals surface area contributed by atoms with Gasteiger partial charge in [0.2, 0.25) is 5.91 Å². The molecule has 0 bridgehead atoms. The number of methoxy groups -OCH3 is 1. The minimum atomic E-state index is -0.497. The molecule has 1 aromatic carbocycles. The third kappa shape index (κ3) is 3.41. The summed E-state index contributed by atoms with van der Waals surface area (Å²) in [6.45, 7) is 2.32. The molecule has 1 amide bonds. The van der Waals surface area contributed by atoms with Crippen LogP contribution < -0.4 is 4.74 Å². The van der Waals surface area contributed by atoms with Crippen molar-refractivity contribution in [2.75, 3.05) is 13.7 Å². The fourth-order valence-corrected chi connectivity index (χ4v) is 3.22. The van der Waals surface area contributed by atoms with Crippen LogP contribution in [0.15, 0.2) is 42.7 Å². The Labute approximate surface area is 141 Å². The molecule has 5 nitrogen and oxygen atoms in total. The van der Waals surface area contributed by atoms with Crippen LogP contribution in [0.3, 0.4) is 0 Å². The summed E-state index contributed by atoms with van der Waals surface area (Å²) in [4.78, 5) is 18.7. The van der Waals surface area contributed by atoms with Crippen molar-refractivity contribution in [3.8, 4) is 5.75 Å². The molecule has 0 unspecified atom stereocenters. The van der Waals surface area contributed by atoms with Gasteiger partial charge in [-0.2, -0.15) is 0 Å². The van der Waals surface area contributed by atoms with Crippen LogP contribution in [0.4, 0.5) is 0 Å². The lowest BCUT2D eigenvalue weighted by molar-refractivity contribution is -0.131. The number of likely N-dealkylation sites (tertiary alicyclic amines) is 1. The Morgan fingerprint density at radius 2 is 2.25 bits per heavy atom. The first kappa shape index (κ1) is 16.5. The van der Waals surface area contributed by atoms with Gasteiger partial charge < -0.3 is 14.7 Å². The predicted molar refractivity (Wildman–Crippen MR) is 90.7 cm³/mol. The number of aromatic nitrogens is 1. The van der Waals surface area contributed by atoms with Gasteiger partial charge in [0.05, 0.1) is 25.7 Å². The summed E-state index contributed by atoms with van der Waals surface area (Å²) in [5, 5.41) is 10.1. The number of amides is 1. The van der Waals surface area contributed by atoms with Gasteiger partial charge in [-0.15, -0.1) is 0 Å². The van der Waals surface area contributed by atoms with Crippen LogP contribution in [0.25, 0.3) is 0 Å². The van der Waals surface area contributed by atoms with Gasteiger partial charge in [-0.1, -0.05) is 12.1 Å². The van der Waals surface area contributed by atoms with E-state index in [4.69, 9.17) is 4.74 Å². The highest BCUT2D eigenvalue weighted by Crippen LogP contribution is 2.34. The van der Waals surface area contributed by atoms with E-state index in [1.54, 1.807) is 24.4 Å². The van der Waals surface area contributed by atoms with Crippen LogP contribution >= 0.6 is 0 Å². The maximum Gasteiger partial charge on any atom is 0.227 e. The Balaban J connectivity index is 1.82. The van der Waals surface area contributed by atoms with E-state index in [2.05, 4.69) is 4.98 Å². The molecule has 1 aliphatic heterocycles. The van der Waals surface area contributed by atoms with E-state index in [0.29, 0.717) is 19.4 Å². The molecule has 1 saturated heterocycles. The molecule has 2 aromatic rings. The van der Waals surface area contributed by atoms with Crippen molar-refractivity contribution in [3.05, 3.63) is 59.4 Å². The molecule has 0 spiro atoms. The quantitative estimate of drug-likeness (QED) is 0.936. The average molecular weight is 326 g/mol. The van der Waals surface area contributed by atoms with Gasteiger partial charge in [-0.25, -0.2) is 0 Å². The van der Waals surface area contributed by atoms with Crippen molar-refractivity contribution >= 4 is 5.91 Å². The fourth-order valence-electron chi connectivity index (χ4n) is 3.22. The highest BCUT2D eigenvalue weighted by molar-refractivity contribution is 5.80. The zero-order valence-corrected chi connectivity index (χ0v) is 14.0. The second kappa shape index (κ2) is 7.01. The Kier molecular flexibility index (Phi) is 4.81. The molecule has 1 N–H and O–H groups in total. The Bertz CT molecular complexity index is 732. The number of hydrogen-bond donors (Lipinski definition) is 1. The number of hydrogen-bond acceptors (Lipinski definition) is 4. The molecule has 1 aromatic heterocycles. The van der Waals surface area contributed by atoms with Gasteiger partial charge in [0.25, 0.3) is 0 Å². The molecule has 126 valence electrons. The Morgan fingerprint density at radius 3 is 3.00 bits per heavy atom. The number of pyridine rings is 1. The van der Waals surface area contributed by atoms with Crippen LogP contribution in [0.1, 0.15) is 29.2 Å². The fraction of sp³-hybridized carbons (Fsp3) is 0.368. The summed E-state index contributed by atoms with van der Waals surface area (Å²) in [5.74, 6) is 0.778. The molecule has 1 aliphatic rings. The maximum atomic E-state index is 12.8. The van der Waals surface area contributed by atoms with E-state index in [-0.39, 0.29) is 11.9 Å². The largest absolute Gasteiger partial charge is 0.497 e. The summed E-state index contributed by atoms with van der Waals surface area (Å²) in [7, 11) is 1.62. The first-order chi connectivity index (χ1) is 11.6. The van der Waals surface area contributed by atoms with Gasteiger partial charge in [-0.3, -0.25) is 9.78 Å². The SMILES string of the molecule is COc1cccc([C@H]2C[C@@H](O)CN2C(=O)Cc2ccncc2C)c1. The highest BCUT2D eigenvalue weighted by Gasteiger charge is 2.35. The van der Waals surface area contributed by atoms with Crippen LogP contribution in [-0.2, 0) is 11.2 Å². The molecule has 0 aliphatic carbocycles. The topological polar surface area (TPSA) is 62.7 Å². The third-order valence-electron chi connectivity index (χ3n) is 4.56. The van der Waals surface area contributed by atoms with E-state index in [0.717, 1.165) is 22.4 Å². The summed E-state index contributed by atoms with van der Waals surface area (Å²) in [6.07, 6.45) is 3.84. The van der Waals surface area contributed by atoms with E-state index in [9.17, 15) is 9.90 Å². The number of benzene rings is 1. The number of carbonyl (C=O) groups is 1. The van der Waals surface area contributed by atoms with Crippen molar-refractivity contribution in [1.29, 1.82) is 0 Å². The second-order valence-electron chi connectivity index (χ2n) is 6.21. The lowest BCUT2D eigenvalue weighted by Gasteiger charge is -2.25. The highest BCUT2D eigenvalue weighted by atomic mass is 16.5. The summed E-state index contributed by atoms with van der Waals surface area (Å²) >= 11 is 0. The number of aliphatic hydroxyl groups excluding tert-OH is 1. The minimum absolute atomic E-state index is 0.0219. The zero-order valence-electron chi connectivity index (χ0n) is 14.0. The number of rotatable bonds is 4. The van der Waals surface area contributed by atoms with E-state index in [1.165, 1.54) is 0 Å². The monoisotopic (exact) mass is 326 g/mol. The standard InChI is InChI=1S/C19H22N2O3/c1-13-11-20-7-6-14(13)9-19(23)21-12-16(22)10-18(21)15-4-3-5-17(8-15)24-2/h3-8,11,16,18,22H,9-10,12H2,1-2H3/t16-,18-/m1/s1. The van der Waals surface area contributed by atoms with Gasteiger partial charge in [0.1, 0.15) is 5.75 Å². The predicted octanol–water partition coefficient (Wildman–Crippen LogP) is 2.28. The summed E-state index contributed by atoms with van der Waals surface area (Å²) in [5.41, 5.74) is 2.97. The van der Waals surface area contributed by atoms with Crippen molar-refractivity contribution < 1.29 is 14.6 Å². The van der Waals surface area contributed by atoms with Crippen LogP contribution in [0.2, 0.25) is 0 Å². The minimum Gasteiger partial charge on any atom is -0.497 e. The van der Waals surface area contributed by atoms with E-state index in [1.807, 2.05) is 37.3 Å². The summed E-state index contributed by atoms with van der Waals surface area (Å²) < 4.78 is 5.28. The van der Waals surface area contributed by atoms with E-state index < -0.39 is 6.10 Å². The van der Waals surface area contributed by atoms with E-state index >= 15 is 0 Å². The molecule has 2 heterocycles. The molecule has 2 atom stereocenters. The van der Waals surface area contributed by atoms with Gasteiger partial charge in [0.15, 0.2) is 0 Å². The van der Waals surface area contributed by atoms with Gasteiger partial charge in [-0.05, 0) is 48.2 Å². The number of ether oxygens (including phenoxy) is 1. The molecular formula is C19H22N2O3. The lowest BCUT2D eigenvalue weighted by Crippen LogP contribution is -2.33. The molecule has 1 fully saturated rings. The number of aliphatic hydroxyl groups is 1. The second-order valence-corrected chi connectivity index (χ2v) is 6.21. The smallest absolute Gasteiger partial charge is 0.227 e. The van der Waals surface area contributed by atoms with Crippen LogP contribution in [-0.4, -0.2) is 40.7 Å². The lowest BCUT2D eigenvalue weighted by atomic mass is 10.0. The first-order valence-corrected chi connectivity index (χ1v) is 8.09. The molecule has 3 rings (SSSR count). The normalized spacial score (nSPS) is 20.2. The van der Waals surface area contributed by atoms with Crippen molar-refractivity contribution in [2.45, 2.75) is 31.9 Å². The molecular weight excluding hydrogens is 304 g/mol. The molecule has 0 saturated carbocycles.